The van der Waals surface area contributed by atoms with Gasteiger partial charge in [0.25, 0.3) is 0 Å². The van der Waals surface area contributed by atoms with Crippen molar-refractivity contribution in [2.45, 2.75) is 26.7 Å². The quantitative estimate of drug-likeness (QED) is 0.270. The molecule has 0 radical (unpaired) electrons. The maximum Gasteiger partial charge on any atom is -0.00108 e. The van der Waals surface area contributed by atoms with E-state index in [9.17, 15) is 0 Å². The Labute approximate surface area is 167 Å². The van der Waals surface area contributed by atoms with Crippen LogP contribution in [-0.4, -0.2) is 0 Å². The molecular formula is C28H24. The van der Waals surface area contributed by atoms with Crippen LogP contribution in [0.25, 0.3) is 22.3 Å². The van der Waals surface area contributed by atoms with Gasteiger partial charge in [0.2, 0.25) is 0 Å². The molecule has 0 bridgehead atoms. The van der Waals surface area contributed by atoms with Gasteiger partial charge >= 0.3 is 0 Å². The normalized spacial score (nSPS) is 12.4. The first kappa shape index (κ1) is 17.0. The fraction of sp³-hybridized carbons (Fsp3) is 0.143. The zero-order chi connectivity index (χ0) is 19.1. The number of benzene rings is 4. The molecule has 0 atom stereocenters. The van der Waals surface area contributed by atoms with E-state index in [1.165, 1.54) is 55.6 Å². The molecule has 0 heterocycles. The minimum absolute atomic E-state index is 1.11. The van der Waals surface area contributed by atoms with E-state index in [-0.39, 0.29) is 0 Å². The molecular weight excluding hydrogens is 336 g/mol. The summed E-state index contributed by atoms with van der Waals surface area (Å²) in [6.07, 6.45) is 2.22. The van der Waals surface area contributed by atoms with Crippen LogP contribution in [0.2, 0.25) is 0 Å². The highest BCUT2D eigenvalue weighted by atomic mass is 14.2. The van der Waals surface area contributed by atoms with E-state index in [2.05, 4.69) is 98.8 Å². The molecule has 2 aliphatic carbocycles. The lowest BCUT2D eigenvalue weighted by atomic mass is 10.0. The van der Waals surface area contributed by atoms with E-state index in [0.29, 0.717) is 0 Å². The van der Waals surface area contributed by atoms with E-state index in [0.717, 1.165) is 12.8 Å². The lowest BCUT2D eigenvalue weighted by Gasteiger charge is -2.02. The van der Waals surface area contributed by atoms with Crippen LogP contribution >= 0.6 is 0 Å². The molecule has 0 amide bonds. The maximum atomic E-state index is 2.23. The van der Waals surface area contributed by atoms with Crippen molar-refractivity contribution < 1.29 is 0 Å². The fourth-order valence-electron chi connectivity index (χ4n) is 4.63. The van der Waals surface area contributed by atoms with Crippen molar-refractivity contribution in [3.05, 3.63) is 118 Å². The van der Waals surface area contributed by atoms with Crippen molar-refractivity contribution in [3.63, 3.8) is 0 Å². The third-order valence-corrected chi connectivity index (χ3v) is 6.17. The minimum atomic E-state index is 1.11. The molecule has 0 saturated carbocycles. The standard InChI is InChI=1S/2C14H12/c2*1-10-5-4-8-13-12-7-3-2-6-11(12)9-14(10)13/h2*2-8H,9H2,1H3. The van der Waals surface area contributed by atoms with Gasteiger partial charge in [-0.2, -0.15) is 0 Å². The third-order valence-electron chi connectivity index (χ3n) is 6.17. The predicted octanol–water partition coefficient (Wildman–Crippen LogP) is 7.13. The van der Waals surface area contributed by atoms with Gasteiger partial charge in [-0.15, -0.1) is 0 Å². The molecule has 2 aliphatic rings. The second-order valence-electron chi connectivity index (χ2n) is 7.87. The highest BCUT2D eigenvalue weighted by molar-refractivity contribution is 5.78. The average Bonchev–Trinajstić information content (AvgIpc) is 3.29. The highest BCUT2D eigenvalue weighted by Crippen LogP contribution is 2.38. The number of aryl methyl sites for hydroxylation is 2. The third kappa shape index (κ3) is 2.77. The molecule has 6 rings (SSSR count). The van der Waals surface area contributed by atoms with Crippen LogP contribution in [0.3, 0.4) is 0 Å². The Bertz CT molecular complexity index is 1090. The summed E-state index contributed by atoms with van der Waals surface area (Å²) >= 11 is 0. The molecule has 0 aromatic heterocycles. The van der Waals surface area contributed by atoms with Crippen molar-refractivity contribution in [1.29, 1.82) is 0 Å². The lowest BCUT2D eigenvalue weighted by Crippen LogP contribution is -1.84. The van der Waals surface area contributed by atoms with Crippen molar-refractivity contribution in [2.24, 2.45) is 0 Å². The summed E-state index contributed by atoms with van der Waals surface area (Å²) < 4.78 is 0. The predicted molar refractivity (Wildman–Crippen MR) is 119 cm³/mol. The second-order valence-corrected chi connectivity index (χ2v) is 7.87. The summed E-state index contributed by atoms with van der Waals surface area (Å²) in [5.74, 6) is 0. The Hall–Kier alpha value is -3.12. The molecule has 0 saturated heterocycles. The first-order valence-electron chi connectivity index (χ1n) is 10.1. The van der Waals surface area contributed by atoms with Gasteiger partial charge in [0.15, 0.2) is 0 Å². The van der Waals surface area contributed by atoms with Crippen LogP contribution < -0.4 is 0 Å². The molecule has 28 heavy (non-hydrogen) atoms. The van der Waals surface area contributed by atoms with Gasteiger partial charge in [0, 0.05) is 0 Å². The van der Waals surface area contributed by atoms with Gasteiger partial charge in [-0.05, 0) is 82.3 Å². The van der Waals surface area contributed by atoms with Crippen LogP contribution in [-0.2, 0) is 12.8 Å². The molecule has 0 fully saturated rings. The molecule has 4 aromatic carbocycles. The van der Waals surface area contributed by atoms with Gasteiger partial charge in [-0.1, -0.05) is 84.9 Å². The number of rotatable bonds is 0. The van der Waals surface area contributed by atoms with Crippen molar-refractivity contribution in [2.75, 3.05) is 0 Å². The van der Waals surface area contributed by atoms with Crippen LogP contribution in [0.4, 0.5) is 0 Å². The monoisotopic (exact) mass is 360 g/mol. The van der Waals surface area contributed by atoms with E-state index in [4.69, 9.17) is 0 Å². The SMILES string of the molecule is Cc1cccc2c1Cc1ccccc1-2.Cc1cccc2c1Cc1ccccc1-2. The molecule has 0 aliphatic heterocycles. The summed E-state index contributed by atoms with van der Waals surface area (Å²) in [6, 6.07) is 30.6. The van der Waals surface area contributed by atoms with Crippen molar-refractivity contribution >= 4 is 0 Å². The Morgan fingerprint density at radius 2 is 0.821 bits per heavy atom. The van der Waals surface area contributed by atoms with Crippen molar-refractivity contribution in [1.82, 2.24) is 0 Å². The summed E-state index contributed by atoms with van der Waals surface area (Å²) in [5, 5.41) is 0. The first-order chi connectivity index (χ1) is 13.7. The molecule has 0 spiro atoms. The van der Waals surface area contributed by atoms with E-state index < -0.39 is 0 Å². The summed E-state index contributed by atoms with van der Waals surface area (Å²) in [4.78, 5) is 0. The fourth-order valence-corrected chi connectivity index (χ4v) is 4.63. The Kier molecular flexibility index (Phi) is 4.13. The van der Waals surface area contributed by atoms with Crippen LogP contribution in [0, 0.1) is 13.8 Å². The Balaban J connectivity index is 0.000000122. The van der Waals surface area contributed by atoms with Crippen molar-refractivity contribution in [3.8, 4) is 22.3 Å². The zero-order valence-corrected chi connectivity index (χ0v) is 16.5. The smallest absolute Gasteiger partial charge is 0.00108 e. The molecule has 136 valence electrons. The zero-order valence-electron chi connectivity index (χ0n) is 16.5. The van der Waals surface area contributed by atoms with E-state index in [1.807, 2.05) is 0 Å². The average molecular weight is 361 g/mol. The minimum Gasteiger partial charge on any atom is -0.0619 e. The van der Waals surface area contributed by atoms with Crippen LogP contribution in [0.15, 0.2) is 84.9 Å². The number of hydrogen-bond acceptors (Lipinski definition) is 0. The van der Waals surface area contributed by atoms with Crippen LogP contribution in [0.5, 0.6) is 0 Å². The maximum absolute atomic E-state index is 2.23. The molecule has 0 heteroatoms. The molecule has 0 nitrogen and oxygen atoms in total. The Morgan fingerprint density at radius 3 is 1.29 bits per heavy atom. The van der Waals surface area contributed by atoms with Gasteiger partial charge in [-0.25, -0.2) is 0 Å². The van der Waals surface area contributed by atoms with E-state index in [1.54, 1.807) is 0 Å². The molecule has 4 aromatic rings. The lowest BCUT2D eigenvalue weighted by molar-refractivity contribution is 1.22. The number of fused-ring (bicyclic) bond motifs is 6. The highest BCUT2D eigenvalue weighted by Gasteiger charge is 2.19. The van der Waals surface area contributed by atoms with Gasteiger partial charge in [-0.3, -0.25) is 0 Å². The molecule has 0 unspecified atom stereocenters. The topological polar surface area (TPSA) is 0 Å². The van der Waals surface area contributed by atoms with Crippen LogP contribution in [0.1, 0.15) is 33.4 Å². The first-order valence-corrected chi connectivity index (χ1v) is 10.1. The largest absolute Gasteiger partial charge is 0.0619 e. The summed E-state index contributed by atoms with van der Waals surface area (Å²) in [7, 11) is 0. The summed E-state index contributed by atoms with van der Waals surface area (Å²) in [5.41, 5.74) is 14.5. The summed E-state index contributed by atoms with van der Waals surface area (Å²) in [6.45, 7) is 4.40. The Morgan fingerprint density at radius 1 is 0.429 bits per heavy atom. The number of hydrogen-bond donors (Lipinski definition) is 0. The second kappa shape index (κ2) is 6.80. The molecule has 0 N–H and O–H groups in total. The van der Waals surface area contributed by atoms with Gasteiger partial charge in [0.1, 0.15) is 0 Å². The van der Waals surface area contributed by atoms with E-state index >= 15 is 0 Å². The van der Waals surface area contributed by atoms with Gasteiger partial charge in [0.05, 0.1) is 0 Å². The van der Waals surface area contributed by atoms with Gasteiger partial charge < -0.3 is 0 Å².